The smallest absolute Gasteiger partial charge is 0.127 e. The van der Waals surface area contributed by atoms with Crippen molar-refractivity contribution in [3.63, 3.8) is 0 Å². The molecule has 1 aliphatic rings. The van der Waals surface area contributed by atoms with Crippen molar-refractivity contribution in [2.45, 2.75) is 39.7 Å². The van der Waals surface area contributed by atoms with Crippen LogP contribution in [0.15, 0.2) is 42.5 Å². The number of phenolic OH excluding ortho intramolecular Hbond substituents is 1. The third kappa shape index (κ3) is 5.97. The highest BCUT2D eigenvalue weighted by molar-refractivity contribution is 5.43. The summed E-state index contributed by atoms with van der Waals surface area (Å²) in [6.07, 6.45) is 3.65. The molecule has 0 aliphatic carbocycles. The SMILES string of the molecule is CCN(Cc1c(O)cccc1OC)CC1CCN(CCc2ccccc2C)CC1. The minimum absolute atomic E-state index is 0.328. The Morgan fingerprint density at radius 2 is 1.86 bits per heavy atom. The molecule has 158 valence electrons. The van der Waals surface area contributed by atoms with Gasteiger partial charge in [-0.25, -0.2) is 0 Å². The second-order valence-corrected chi connectivity index (χ2v) is 8.25. The first-order chi connectivity index (χ1) is 14.1. The quantitative estimate of drug-likeness (QED) is 0.678. The third-order valence-electron chi connectivity index (χ3n) is 6.34. The number of aryl methyl sites for hydroxylation is 1. The number of hydrogen-bond acceptors (Lipinski definition) is 4. The van der Waals surface area contributed by atoms with E-state index in [1.807, 2.05) is 12.1 Å². The second-order valence-electron chi connectivity index (χ2n) is 8.25. The van der Waals surface area contributed by atoms with Gasteiger partial charge in [0.15, 0.2) is 0 Å². The summed E-state index contributed by atoms with van der Waals surface area (Å²) in [5, 5.41) is 10.3. The summed E-state index contributed by atoms with van der Waals surface area (Å²) in [4.78, 5) is 5.05. The third-order valence-corrected chi connectivity index (χ3v) is 6.34. The zero-order chi connectivity index (χ0) is 20.6. The summed E-state index contributed by atoms with van der Waals surface area (Å²) in [5.74, 6) is 1.82. The van der Waals surface area contributed by atoms with Crippen molar-refractivity contribution in [1.29, 1.82) is 0 Å². The van der Waals surface area contributed by atoms with E-state index in [0.717, 1.165) is 49.8 Å². The zero-order valence-corrected chi connectivity index (χ0v) is 18.2. The van der Waals surface area contributed by atoms with Gasteiger partial charge in [-0.3, -0.25) is 4.90 Å². The maximum Gasteiger partial charge on any atom is 0.127 e. The average Bonchev–Trinajstić information content (AvgIpc) is 2.74. The van der Waals surface area contributed by atoms with Crippen LogP contribution in [0.1, 0.15) is 36.5 Å². The predicted molar refractivity (Wildman–Crippen MR) is 120 cm³/mol. The molecule has 29 heavy (non-hydrogen) atoms. The lowest BCUT2D eigenvalue weighted by molar-refractivity contribution is 0.142. The maximum absolute atomic E-state index is 10.3. The van der Waals surface area contributed by atoms with Crippen LogP contribution in [-0.4, -0.2) is 54.7 Å². The van der Waals surface area contributed by atoms with Crippen molar-refractivity contribution in [2.75, 3.05) is 39.8 Å². The first-order valence-electron chi connectivity index (χ1n) is 10.9. The van der Waals surface area contributed by atoms with E-state index < -0.39 is 0 Å². The molecular formula is C25H36N2O2. The summed E-state index contributed by atoms with van der Waals surface area (Å²) in [5.41, 5.74) is 3.77. The van der Waals surface area contributed by atoms with Crippen LogP contribution >= 0.6 is 0 Å². The van der Waals surface area contributed by atoms with Crippen molar-refractivity contribution in [3.05, 3.63) is 59.2 Å². The van der Waals surface area contributed by atoms with E-state index in [-0.39, 0.29) is 0 Å². The van der Waals surface area contributed by atoms with E-state index in [1.54, 1.807) is 13.2 Å². The van der Waals surface area contributed by atoms with E-state index in [2.05, 4.69) is 47.9 Å². The van der Waals surface area contributed by atoms with Crippen molar-refractivity contribution in [1.82, 2.24) is 9.80 Å². The van der Waals surface area contributed by atoms with Crippen LogP contribution < -0.4 is 4.74 Å². The maximum atomic E-state index is 10.3. The fourth-order valence-corrected chi connectivity index (χ4v) is 4.36. The Morgan fingerprint density at radius 3 is 2.55 bits per heavy atom. The topological polar surface area (TPSA) is 35.9 Å². The molecule has 1 heterocycles. The number of phenols is 1. The first-order valence-corrected chi connectivity index (χ1v) is 10.9. The molecule has 0 radical (unpaired) electrons. The summed E-state index contributed by atoms with van der Waals surface area (Å²) in [6, 6.07) is 14.2. The molecule has 4 nitrogen and oxygen atoms in total. The molecule has 2 aromatic carbocycles. The lowest BCUT2D eigenvalue weighted by atomic mass is 9.95. The number of hydrogen-bond donors (Lipinski definition) is 1. The summed E-state index contributed by atoms with van der Waals surface area (Å²) in [7, 11) is 1.67. The van der Waals surface area contributed by atoms with Crippen LogP contribution in [0.3, 0.4) is 0 Å². The highest BCUT2D eigenvalue weighted by Crippen LogP contribution is 2.29. The van der Waals surface area contributed by atoms with Gasteiger partial charge in [-0.2, -0.15) is 0 Å². The van der Waals surface area contributed by atoms with Gasteiger partial charge < -0.3 is 14.7 Å². The summed E-state index contributed by atoms with van der Waals surface area (Å²) < 4.78 is 5.45. The van der Waals surface area contributed by atoms with Gasteiger partial charge in [0.05, 0.1) is 7.11 Å². The van der Waals surface area contributed by atoms with Gasteiger partial charge in [-0.15, -0.1) is 0 Å². The largest absolute Gasteiger partial charge is 0.507 e. The number of piperidine rings is 1. The van der Waals surface area contributed by atoms with Crippen LogP contribution in [0.2, 0.25) is 0 Å². The Balaban J connectivity index is 1.47. The van der Waals surface area contributed by atoms with Gasteiger partial charge in [-0.1, -0.05) is 37.3 Å². The molecule has 1 aliphatic heterocycles. The number of methoxy groups -OCH3 is 1. The number of rotatable bonds is 9. The Morgan fingerprint density at radius 1 is 1.10 bits per heavy atom. The number of nitrogens with zero attached hydrogens (tertiary/aromatic N) is 2. The van der Waals surface area contributed by atoms with Gasteiger partial charge in [0, 0.05) is 25.2 Å². The normalized spacial score (nSPS) is 15.7. The molecule has 0 unspecified atom stereocenters. The molecule has 0 aromatic heterocycles. The number of ether oxygens (including phenoxy) is 1. The van der Waals surface area contributed by atoms with Gasteiger partial charge in [0.25, 0.3) is 0 Å². The van der Waals surface area contributed by atoms with Gasteiger partial charge >= 0.3 is 0 Å². The van der Waals surface area contributed by atoms with Gasteiger partial charge in [0.1, 0.15) is 11.5 Å². The molecule has 0 atom stereocenters. The van der Waals surface area contributed by atoms with Crippen LogP contribution in [-0.2, 0) is 13.0 Å². The number of benzene rings is 2. The van der Waals surface area contributed by atoms with E-state index in [1.165, 1.54) is 37.1 Å². The lowest BCUT2D eigenvalue weighted by Gasteiger charge is -2.35. The zero-order valence-electron chi connectivity index (χ0n) is 18.2. The highest BCUT2D eigenvalue weighted by Gasteiger charge is 2.22. The molecule has 1 fully saturated rings. The summed E-state index contributed by atoms with van der Waals surface area (Å²) in [6.45, 7) is 10.7. The fourth-order valence-electron chi connectivity index (χ4n) is 4.36. The fraction of sp³-hybridized carbons (Fsp3) is 0.520. The number of aromatic hydroxyl groups is 1. The van der Waals surface area contributed by atoms with Gasteiger partial charge in [0.2, 0.25) is 0 Å². The molecule has 0 amide bonds. The number of likely N-dealkylation sites (tertiary alicyclic amines) is 1. The van der Waals surface area contributed by atoms with Crippen molar-refractivity contribution in [2.24, 2.45) is 5.92 Å². The van der Waals surface area contributed by atoms with E-state index in [4.69, 9.17) is 4.74 Å². The molecule has 0 bridgehead atoms. The minimum Gasteiger partial charge on any atom is -0.507 e. The molecule has 2 aromatic rings. The molecule has 0 spiro atoms. The lowest BCUT2D eigenvalue weighted by Crippen LogP contribution is -2.39. The van der Waals surface area contributed by atoms with Crippen LogP contribution in [0.5, 0.6) is 11.5 Å². The minimum atomic E-state index is 0.328. The molecule has 1 N–H and O–H groups in total. The Kier molecular flexibility index (Phi) is 7.96. The molecular weight excluding hydrogens is 360 g/mol. The van der Waals surface area contributed by atoms with Gasteiger partial charge in [-0.05, 0) is 75.0 Å². The van der Waals surface area contributed by atoms with E-state index >= 15 is 0 Å². The van der Waals surface area contributed by atoms with Crippen LogP contribution in [0.4, 0.5) is 0 Å². The molecule has 3 rings (SSSR count). The van der Waals surface area contributed by atoms with Crippen LogP contribution in [0.25, 0.3) is 0 Å². The Bertz CT molecular complexity index is 769. The standard InChI is InChI=1S/C25H36N2O2/c1-4-26(19-23-24(28)10-7-11-25(23)29-3)18-21-12-15-27(16-13-21)17-14-22-9-6-5-8-20(22)2/h5-11,21,28H,4,12-19H2,1-3H3. The van der Waals surface area contributed by atoms with E-state index in [0.29, 0.717) is 5.75 Å². The van der Waals surface area contributed by atoms with Crippen molar-refractivity contribution in [3.8, 4) is 11.5 Å². The second kappa shape index (κ2) is 10.7. The predicted octanol–water partition coefficient (Wildman–Crippen LogP) is 4.49. The molecule has 0 saturated carbocycles. The monoisotopic (exact) mass is 396 g/mol. The molecule has 4 heteroatoms. The molecule has 1 saturated heterocycles. The summed E-state index contributed by atoms with van der Waals surface area (Å²) >= 11 is 0. The van der Waals surface area contributed by atoms with Crippen molar-refractivity contribution < 1.29 is 9.84 Å². The van der Waals surface area contributed by atoms with E-state index in [9.17, 15) is 5.11 Å². The highest BCUT2D eigenvalue weighted by atomic mass is 16.5. The average molecular weight is 397 g/mol. The van der Waals surface area contributed by atoms with Crippen LogP contribution in [0, 0.1) is 12.8 Å². The Labute approximate surface area is 176 Å². The van der Waals surface area contributed by atoms with Crippen molar-refractivity contribution >= 4 is 0 Å². The Hall–Kier alpha value is -2.04. The first kappa shape index (κ1) is 21.7.